The fourth-order valence-electron chi connectivity index (χ4n) is 2.50. The molecule has 0 bridgehead atoms. The molecule has 126 valence electrons. The first-order chi connectivity index (χ1) is 11.7. The van der Waals surface area contributed by atoms with Gasteiger partial charge in [0.15, 0.2) is 5.16 Å². The van der Waals surface area contributed by atoms with Crippen molar-refractivity contribution in [2.75, 3.05) is 29.1 Å². The molecule has 0 aliphatic carbocycles. The second-order valence-corrected chi connectivity index (χ2v) is 6.74. The average Bonchev–Trinajstić information content (AvgIpc) is 2.62. The lowest BCUT2D eigenvalue weighted by atomic mass is 9.99. The van der Waals surface area contributed by atoms with Gasteiger partial charge in [-0.15, -0.1) is 0 Å². The van der Waals surface area contributed by atoms with Gasteiger partial charge in [0.2, 0.25) is 5.91 Å². The summed E-state index contributed by atoms with van der Waals surface area (Å²) in [6.07, 6.45) is 7.14. The smallest absolute Gasteiger partial charge is 0.236 e. The highest BCUT2D eigenvalue weighted by molar-refractivity contribution is 7.99. The number of amides is 1. The lowest BCUT2D eigenvalue weighted by Crippen LogP contribution is -2.33. The minimum Gasteiger partial charge on any atom is -0.356 e. The summed E-state index contributed by atoms with van der Waals surface area (Å²) >= 11 is 1.29. The highest BCUT2D eigenvalue weighted by Crippen LogP contribution is 2.22. The maximum Gasteiger partial charge on any atom is 0.236 e. The Bertz CT molecular complexity index is 675. The van der Waals surface area contributed by atoms with Crippen LogP contribution in [0.2, 0.25) is 0 Å². The van der Waals surface area contributed by atoms with Gasteiger partial charge in [0.05, 0.1) is 5.75 Å². The van der Waals surface area contributed by atoms with E-state index in [1.54, 1.807) is 18.5 Å². The molecule has 8 heteroatoms. The third-order valence-corrected chi connectivity index (χ3v) is 4.78. The number of nitrogens with one attached hydrogen (secondary N) is 1. The molecule has 0 radical (unpaired) electrons. The summed E-state index contributed by atoms with van der Waals surface area (Å²) in [6, 6.07) is 3.57. The summed E-state index contributed by atoms with van der Waals surface area (Å²) in [4.78, 5) is 30.9. The van der Waals surface area contributed by atoms with Gasteiger partial charge in [0.1, 0.15) is 18.0 Å². The Labute approximate surface area is 145 Å². The van der Waals surface area contributed by atoms with Crippen molar-refractivity contribution in [2.24, 2.45) is 5.92 Å². The SMILES string of the molecule is CC1CCN(c2cc(NC(=O)CSc3ncccn3)ncn2)CC1. The van der Waals surface area contributed by atoms with E-state index in [1.807, 2.05) is 6.07 Å². The van der Waals surface area contributed by atoms with E-state index in [1.165, 1.54) is 30.9 Å². The molecule has 3 rings (SSSR count). The first-order valence-electron chi connectivity index (χ1n) is 7.97. The van der Waals surface area contributed by atoms with Crippen LogP contribution in [0.1, 0.15) is 19.8 Å². The molecule has 0 saturated carbocycles. The van der Waals surface area contributed by atoms with E-state index in [0.29, 0.717) is 11.0 Å². The number of rotatable bonds is 5. The Kier molecular flexibility index (Phi) is 5.58. The van der Waals surface area contributed by atoms with Crippen molar-refractivity contribution in [1.82, 2.24) is 19.9 Å². The van der Waals surface area contributed by atoms with Crippen LogP contribution in [0.15, 0.2) is 36.0 Å². The van der Waals surface area contributed by atoms with Gasteiger partial charge in [0.25, 0.3) is 0 Å². The van der Waals surface area contributed by atoms with Gasteiger partial charge >= 0.3 is 0 Å². The van der Waals surface area contributed by atoms with Crippen molar-refractivity contribution in [3.8, 4) is 0 Å². The number of carbonyl (C=O) groups excluding carboxylic acids is 1. The first-order valence-corrected chi connectivity index (χ1v) is 8.96. The first kappa shape index (κ1) is 16.6. The predicted molar refractivity (Wildman–Crippen MR) is 94.0 cm³/mol. The number of anilines is 2. The Hall–Kier alpha value is -2.22. The van der Waals surface area contributed by atoms with Crippen LogP contribution in [-0.2, 0) is 4.79 Å². The number of hydrogen-bond acceptors (Lipinski definition) is 7. The Balaban J connectivity index is 1.55. The van der Waals surface area contributed by atoms with Crippen molar-refractivity contribution in [3.05, 3.63) is 30.9 Å². The zero-order chi connectivity index (χ0) is 16.8. The number of nitrogens with zero attached hydrogens (tertiary/aromatic N) is 5. The summed E-state index contributed by atoms with van der Waals surface area (Å²) in [6.45, 7) is 4.26. The van der Waals surface area contributed by atoms with E-state index in [4.69, 9.17) is 0 Å². The summed E-state index contributed by atoms with van der Waals surface area (Å²) in [5, 5.41) is 3.39. The topological polar surface area (TPSA) is 83.9 Å². The van der Waals surface area contributed by atoms with E-state index in [9.17, 15) is 4.79 Å². The Morgan fingerprint density at radius 2 is 2.00 bits per heavy atom. The van der Waals surface area contributed by atoms with Crippen molar-refractivity contribution in [2.45, 2.75) is 24.9 Å². The van der Waals surface area contributed by atoms with Crippen LogP contribution in [0.4, 0.5) is 11.6 Å². The van der Waals surface area contributed by atoms with E-state index >= 15 is 0 Å². The molecule has 24 heavy (non-hydrogen) atoms. The molecule has 3 heterocycles. The maximum absolute atomic E-state index is 12.1. The highest BCUT2D eigenvalue weighted by atomic mass is 32.2. The molecule has 2 aromatic heterocycles. The fourth-order valence-corrected chi connectivity index (χ4v) is 3.10. The maximum atomic E-state index is 12.1. The molecule has 1 fully saturated rings. The zero-order valence-electron chi connectivity index (χ0n) is 13.6. The number of piperidine rings is 1. The van der Waals surface area contributed by atoms with Gasteiger partial charge in [-0.25, -0.2) is 19.9 Å². The second kappa shape index (κ2) is 8.05. The lowest BCUT2D eigenvalue weighted by molar-refractivity contribution is -0.113. The number of thioether (sulfide) groups is 1. The molecular formula is C16H20N6OS. The minimum atomic E-state index is -0.135. The summed E-state index contributed by atoms with van der Waals surface area (Å²) in [5.41, 5.74) is 0. The fraction of sp³-hybridized carbons (Fsp3) is 0.438. The Morgan fingerprint density at radius 1 is 1.25 bits per heavy atom. The molecule has 1 N–H and O–H groups in total. The molecule has 1 saturated heterocycles. The molecular weight excluding hydrogens is 324 g/mol. The van der Waals surface area contributed by atoms with Crippen molar-refractivity contribution >= 4 is 29.3 Å². The van der Waals surface area contributed by atoms with E-state index in [2.05, 4.69) is 37.1 Å². The molecule has 1 aliphatic heterocycles. The average molecular weight is 344 g/mol. The summed E-state index contributed by atoms with van der Waals surface area (Å²) in [7, 11) is 0. The number of aromatic nitrogens is 4. The number of hydrogen-bond donors (Lipinski definition) is 1. The predicted octanol–water partition coefficient (Wildman–Crippen LogP) is 2.23. The molecule has 1 aliphatic rings. The Morgan fingerprint density at radius 3 is 2.75 bits per heavy atom. The van der Waals surface area contributed by atoms with Gasteiger partial charge in [-0.2, -0.15) is 0 Å². The monoisotopic (exact) mass is 344 g/mol. The van der Waals surface area contributed by atoms with Crippen LogP contribution in [0, 0.1) is 5.92 Å². The van der Waals surface area contributed by atoms with Crippen LogP contribution in [0.25, 0.3) is 0 Å². The third kappa shape index (κ3) is 4.64. The van der Waals surface area contributed by atoms with Crippen molar-refractivity contribution in [3.63, 3.8) is 0 Å². The third-order valence-electron chi connectivity index (χ3n) is 3.90. The van der Waals surface area contributed by atoms with Crippen LogP contribution < -0.4 is 10.2 Å². The number of carbonyl (C=O) groups is 1. The zero-order valence-corrected chi connectivity index (χ0v) is 14.4. The minimum absolute atomic E-state index is 0.135. The molecule has 1 amide bonds. The van der Waals surface area contributed by atoms with Crippen LogP contribution >= 0.6 is 11.8 Å². The van der Waals surface area contributed by atoms with Crippen molar-refractivity contribution < 1.29 is 4.79 Å². The van der Waals surface area contributed by atoms with Gasteiger partial charge < -0.3 is 10.2 Å². The largest absolute Gasteiger partial charge is 0.356 e. The summed E-state index contributed by atoms with van der Waals surface area (Å²) in [5.74, 6) is 2.26. The molecule has 0 unspecified atom stereocenters. The van der Waals surface area contributed by atoms with Gasteiger partial charge in [-0.3, -0.25) is 4.79 Å². The standard InChI is InChI=1S/C16H20N6OS/c1-12-3-7-22(8-4-12)14-9-13(19-11-20-14)21-15(23)10-24-16-17-5-2-6-18-16/h2,5-6,9,11-12H,3-4,7-8,10H2,1H3,(H,19,20,21,23). The van der Waals surface area contributed by atoms with Gasteiger partial charge in [-0.1, -0.05) is 18.7 Å². The van der Waals surface area contributed by atoms with Crippen molar-refractivity contribution in [1.29, 1.82) is 0 Å². The molecule has 7 nitrogen and oxygen atoms in total. The van der Waals surface area contributed by atoms with Crippen LogP contribution in [-0.4, -0.2) is 44.7 Å². The second-order valence-electron chi connectivity index (χ2n) is 5.80. The molecule has 0 atom stereocenters. The lowest BCUT2D eigenvalue weighted by Gasteiger charge is -2.31. The van der Waals surface area contributed by atoms with Gasteiger partial charge in [-0.05, 0) is 24.8 Å². The molecule has 2 aromatic rings. The molecule has 0 spiro atoms. The van der Waals surface area contributed by atoms with E-state index in [-0.39, 0.29) is 11.7 Å². The van der Waals surface area contributed by atoms with Crippen LogP contribution in [0.3, 0.4) is 0 Å². The van der Waals surface area contributed by atoms with Gasteiger partial charge in [0, 0.05) is 31.5 Å². The molecule has 0 aromatic carbocycles. The highest BCUT2D eigenvalue weighted by Gasteiger charge is 2.17. The van der Waals surface area contributed by atoms with Crippen LogP contribution in [0.5, 0.6) is 0 Å². The summed E-state index contributed by atoms with van der Waals surface area (Å²) < 4.78 is 0. The van der Waals surface area contributed by atoms with E-state index < -0.39 is 0 Å². The normalized spacial score (nSPS) is 15.3. The van der Waals surface area contributed by atoms with E-state index in [0.717, 1.165) is 24.8 Å². The quantitative estimate of drug-likeness (QED) is 0.658.